The third-order valence-corrected chi connectivity index (χ3v) is 9.55. The van der Waals surface area contributed by atoms with Crippen LogP contribution < -0.4 is 10.6 Å². The zero-order valence-electron chi connectivity index (χ0n) is 23.1. The number of hydrogen-bond donors (Lipinski definition) is 0. The van der Waals surface area contributed by atoms with Gasteiger partial charge in [-0.3, -0.25) is 9.36 Å². The molecule has 0 spiro atoms. The van der Waals surface area contributed by atoms with Crippen molar-refractivity contribution in [3.8, 4) is 11.1 Å². The summed E-state index contributed by atoms with van der Waals surface area (Å²) in [6, 6.07) is 3.75. The van der Waals surface area contributed by atoms with E-state index in [0.717, 1.165) is 29.9 Å². The number of carbonyl (C=O) groups is 1. The predicted molar refractivity (Wildman–Crippen MR) is 158 cm³/mol. The van der Waals surface area contributed by atoms with Gasteiger partial charge >= 0.3 is 5.69 Å². The fourth-order valence-electron chi connectivity index (χ4n) is 6.15. The number of nitrogens with zero attached hydrogens (tertiary/aromatic N) is 4. The monoisotopic (exact) mass is 600 g/mol. The van der Waals surface area contributed by atoms with E-state index in [9.17, 15) is 14.0 Å². The number of amides is 1. The van der Waals surface area contributed by atoms with E-state index in [4.69, 9.17) is 16.3 Å². The standard InChI is InChI=1S/C30H31ClF2N4O3S/c1-5-25(38)37-16(3)11-35(12-17(37)4)29-21-8-15(2)26(20-9-22(31)24(33)10-23(20)32)28-27(21)36(30(39)34-29)13-19(14-41-28)40-18-6-7-18/h5,8-10,16-19H,1,6-7,11-14H2,2-4H3/t16-,17+,19-/m0/s1. The van der Waals surface area contributed by atoms with Crippen LogP contribution in [0.25, 0.3) is 22.0 Å². The Bertz CT molecular complexity index is 1630. The molecule has 0 N–H and O–H groups in total. The van der Waals surface area contributed by atoms with Gasteiger partial charge in [0.2, 0.25) is 5.91 Å². The molecule has 1 amide bonds. The van der Waals surface area contributed by atoms with Crippen LogP contribution >= 0.6 is 23.4 Å². The molecular weight excluding hydrogens is 570 g/mol. The Morgan fingerprint density at radius 2 is 1.83 bits per heavy atom. The second kappa shape index (κ2) is 10.7. The number of rotatable bonds is 5. The van der Waals surface area contributed by atoms with Gasteiger partial charge in [0.1, 0.15) is 17.5 Å². The summed E-state index contributed by atoms with van der Waals surface area (Å²) in [5.74, 6) is -0.602. The van der Waals surface area contributed by atoms with Crippen molar-refractivity contribution in [3.63, 3.8) is 0 Å². The molecule has 0 unspecified atom stereocenters. The minimum Gasteiger partial charge on any atom is -0.372 e. The lowest BCUT2D eigenvalue weighted by atomic mass is 9.97. The van der Waals surface area contributed by atoms with Crippen LogP contribution in [0.2, 0.25) is 5.02 Å². The van der Waals surface area contributed by atoms with Crippen LogP contribution in [0, 0.1) is 18.6 Å². The third kappa shape index (κ3) is 5.04. The van der Waals surface area contributed by atoms with Crippen molar-refractivity contribution in [3.05, 3.63) is 63.6 Å². The Morgan fingerprint density at radius 3 is 2.49 bits per heavy atom. The Morgan fingerprint density at radius 1 is 1.12 bits per heavy atom. The first kappa shape index (κ1) is 28.2. The molecule has 0 radical (unpaired) electrons. The highest BCUT2D eigenvalue weighted by Crippen LogP contribution is 2.45. The van der Waals surface area contributed by atoms with E-state index in [1.54, 1.807) is 9.47 Å². The first-order valence-electron chi connectivity index (χ1n) is 13.8. The van der Waals surface area contributed by atoms with Gasteiger partial charge in [0, 0.05) is 58.4 Å². The highest BCUT2D eigenvalue weighted by Gasteiger charge is 2.36. The Labute approximate surface area is 246 Å². The lowest BCUT2D eigenvalue weighted by Gasteiger charge is -2.44. The lowest BCUT2D eigenvalue weighted by molar-refractivity contribution is -0.130. The second-order valence-electron chi connectivity index (χ2n) is 11.2. The summed E-state index contributed by atoms with van der Waals surface area (Å²) in [5, 5.41) is 0.585. The van der Waals surface area contributed by atoms with Crippen LogP contribution in [0.3, 0.4) is 0 Å². The average molecular weight is 601 g/mol. The van der Waals surface area contributed by atoms with Crippen LogP contribution in [0.15, 0.2) is 40.5 Å². The number of aryl methyl sites for hydroxylation is 1. The second-order valence-corrected chi connectivity index (χ2v) is 12.6. The van der Waals surface area contributed by atoms with E-state index < -0.39 is 17.3 Å². The predicted octanol–water partition coefficient (Wildman–Crippen LogP) is 5.57. The van der Waals surface area contributed by atoms with Crippen molar-refractivity contribution in [1.82, 2.24) is 14.5 Å². The van der Waals surface area contributed by atoms with Crippen molar-refractivity contribution in [2.24, 2.45) is 0 Å². The number of benzene rings is 2. The zero-order chi connectivity index (χ0) is 29.2. The molecule has 3 aliphatic rings. The SMILES string of the molecule is C=CC(=O)N1[C@H](C)CN(c2nc(=O)n3c4c(c(-c5cc(Cl)c(F)cc5F)c(C)cc24)SC[C@@H](OC2CC2)C3)C[C@@H]1C. The molecule has 11 heteroatoms. The number of halogens is 3. The average Bonchev–Trinajstić information content (AvgIpc) is 3.75. The summed E-state index contributed by atoms with van der Waals surface area (Å²) in [7, 11) is 0. The minimum atomic E-state index is -0.830. The number of aromatic nitrogens is 2. The fourth-order valence-corrected chi connectivity index (χ4v) is 7.62. The number of ether oxygens (including phenoxy) is 1. The van der Waals surface area contributed by atoms with Gasteiger partial charge in [-0.15, -0.1) is 11.8 Å². The number of anilines is 1. The fraction of sp³-hybridized carbons (Fsp3) is 0.433. The van der Waals surface area contributed by atoms with Gasteiger partial charge in [0.25, 0.3) is 0 Å². The smallest absolute Gasteiger partial charge is 0.350 e. The summed E-state index contributed by atoms with van der Waals surface area (Å²) in [6.45, 7) is 10.7. The van der Waals surface area contributed by atoms with E-state index in [2.05, 4.69) is 16.5 Å². The molecular formula is C30H31ClF2N4O3S. The van der Waals surface area contributed by atoms with Gasteiger partial charge in [0.15, 0.2) is 0 Å². The number of carbonyl (C=O) groups excluding carboxylic acids is 1. The summed E-state index contributed by atoms with van der Waals surface area (Å²) in [6.07, 6.45) is 3.28. The first-order chi connectivity index (χ1) is 19.6. The molecule has 3 heterocycles. The maximum absolute atomic E-state index is 15.3. The minimum absolute atomic E-state index is 0.135. The maximum Gasteiger partial charge on any atom is 0.350 e. The Kier molecular flexibility index (Phi) is 7.36. The molecule has 1 aliphatic carbocycles. The zero-order valence-corrected chi connectivity index (χ0v) is 24.7. The van der Waals surface area contributed by atoms with E-state index >= 15 is 4.39 Å². The van der Waals surface area contributed by atoms with Gasteiger partial charge in [0.05, 0.1) is 29.3 Å². The number of piperazine rings is 1. The molecule has 3 atom stereocenters. The highest BCUT2D eigenvalue weighted by molar-refractivity contribution is 7.99. The Hall–Kier alpha value is -2.95. The van der Waals surface area contributed by atoms with E-state index in [0.29, 0.717) is 47.2 Å². The lowest BCUT2D eigenvalue weighted by Crippen LogP contribution is -2.58. The highest BCUT2D eigenvalue weighted by atomic mass is 35.5. The van der Waals surface area contributed by atoms with Crippen LogP contribution in [0.4, 0.5) is 14.6 Å². The van der Waals surface area contributed by atoms with E-state index in [-0.39, 0.29) is 40.8 Å². The van der Waals surface area contributed by atoms with Gasteiger partial charge in [-0.05, 0) is 57.4 Å². The molecule has 216 valence electrons. The van der Waals surface area contributed by atoms with Crippen molar-refractivity contribution in [1.29, 1.82) is 0 Å². The molecule has 2 aliphatic heterocycles. The molecule has 3 aromatic rings. The number of hydrogen-bond acceptors (Lipinski definition) is 6. The third-order valence-electron chi connectivity index (χ3n) is 8.03. The molecule has 7 nitrogen and oxygen atoms in total. The molecule has 0 bridgehead atoms. The topological polar surface area (TPSA) is 67.7 Å². The normalized spacial score (nSPS) is 22.6. The molecule has 1 aromatic heterocycles. The summed E-state index contributed by atoms with van der Waals surface area (Å²) in [5.41, 5.74) is 1.73. The van der Waals surface area contributed by atoms with E-state index in [1.165, 1.54) is 23.9 Å². The van der Waals surface area contributed by atoms with Gasteiger partial charge < -0.3 is 14.5 Å². The molecule has 2 fully saturated rings. The van der Waals surface area contributed by atoms with Crippen LogP contribution in [-0.2, 0) is 16.1 Å². The van der Waals surface area contributed by atoms with Crippen LogP contribution in [-0.4, -0.2) is 63.5 Å². The Balaban J connectivity index is 1.56. The van der Waals surface area contributed by atoms with Crippen molar-refractivity contribution in [2.75, 3.05) is 23.7 Å². The first-order valence-corrected chi connectivity index (χ1v) is 15.1. The van der Waals surface area contributed by atoms with Crippen LogP contribution in [0.5, 0.6) is 0 Å². The number of thioether (sulfide) groups is 1. The molecule has 41 heavy (non-hydrogen) atoms. The van der Waals surface area contributed by atoms with Crippen molar-refractivity contribution < 1.29 is 18.3 Å². The maximum atomic E-state index is 15.3. The van der Waals surface area contributed by atoms with Crippen molar-refractivity contribution in [2.45, 2.75) is 69.3 Å². The molecule has 2 aromatic carbocycles. The van der Waals surface area contributed by atoms with Crippen molar-refractivity contribution >= 4 is 46.0 Å². The molecule has 6 rings (SSSR count). The quantitative estimate of drug-likeness (QED) is 0.282. The largest absolute Gasteiger partial charge is 0.372 e. The summed E-state index contributed by atoms with van der Waals surface area (Å²) >= 11 is 7.62. The van der Waals surface area contributed by atoms with Gasteiger partial charge in [-0.25, -0.2) is 13.6 Å². The summed E-state index contributed by atoms with van der Waals surface area (Å²) < 4.78 is 37.3. The molecule has 1 saturated heterocycles. The van der Waals surface area contributed by atoms with Gasteiger partial charge in [-0.2, -0.15) is 4.98 Å². The molecule has 1 saturated carbocycles. The summed E-state index contributed by atoms with van der Waals surface area (Å²) in [4.78, 5) is 35.4. The van der Waals surface area contributed by atoms with E-state index in [1.807, 2.05) is 26.8 Å². The van der Waals surface area contributed by atoms with Crippen LogP contribution in [0.1, 0.15) is 32.3 Å². The van der Waals surface area contributed by atoms with Gasteiger partial charge in [-0.1, -0.05) is 18.2 Å².